The molecule has 96 valence electrons. The molecule has 0 atom stereocenters. The van der Waals surface area contributed by atoms with Crippen molar-refractivity contribution in [2.24, 2.45) is 7.05 Å². The Balaban J connectivity index is 2.57. The van der Waals surface area contributed by atoms with E-state index in [0.29, 0.717) is 11.2 Å². The fraction of sp³-hybridized carbons (Fsp3) is 0.273. The van der Waals surface area contributed by atoms with Gasteiger partial charge in [0, 0.05) is 19.7 Å². The molecule has 0 fully saturated rings. The maximum absolute atomic E-state index is 12.6. The highest BCUT2D eigenvalue weighted by Gasteiger charge is 2.36. The Labute approximate surface area is 100 Å². The van der Waals surface area contributed by atoms with E-state index in [0.717, 1.165) is 4.57 Å². The molecule has 0 radical (unpaired) electrons. The lowest BCUT2D eigenvalue weighted by molar-refractivity contribution is -0.146. The van der Waals surface area contributed by atoms with Gasteiger partial charge in [-0.05, 0) is 18.2 Å². The van der Waals surface area contributed by atoms with Crippen molar-refractivity contribution in [1.29, 1.82) is 0 Å². The maximum Gasteiger partial charge on any atom is 0.449 e. The fourth-order valence-corrected chi connectivity index (χ4v) is 1.72. The van der Waals surface area contributed by atoms with Crippen molar-refractivity contribution < 1.29 is 18.0 Å². The number of carbonyl (C=O) groups is 1. The lowest BCUT2D eigenvalue weighted by atomic mass is 10.2. The average molecular weight is 257 g/mol. The molecule has 0 aliphatic heterocycles. The molecular formula is C11H10F3N3O. The maximum atomic E-state index is 12.6. The first-order valence-electron chi connectivity index (χ1n) is 5.10. The Kier molecular flexibility index (Phi) is 2.76. The number of nitrogens with one attached hydrogen (secondary N) is 1. The Morgan fingerprint density at radius 1 is 1.39 bits per heavy atom. The zero-order valence-corrected chi connectivity index (χ0v) is 9.67. The second kappa shape index (κ2) is 4.01. The largest absolute Gasteiger partial charge is 0.449 e. The van der Waals surface area contributed by atoms with Crippen molar-refractivity contribution >= 4 is 22.6 Å². The molecule has 0 saturated heterocycles. The number of rotatable bonds is 1. The molecule has 0 spiro atoms. The number of hydrogen-bond donors (Lipinski definition) is 1. The first-order valence-corrected chi connectivity index (χ1v) is 5.10. The van der Waals surface area contributed by atoms with Crippen LogP contribution in [0.5, 0.6) is 0 Å². The molecule has 2 rings (SSSR count). The lowest BCUT2D eigenvalue weighted by Crippen LogP contribution is -2.12. The van der Waals surface area contributed by atoms with Gasteiger partial charge in [0.25, 0.3) is 0 Å². The van der Waals surface area contributed by atoms with Crippen LogP contribution < -0.4 is 5.32 Å². The summed E-state index contributed by atoms with van der Waals surface area (Å²) in [5, 5.41) is 2.51. The van der Waals surface area contributed by atoms with Gasteiger partial charge in [-0.15, -0.1) is 0 Å². The van der Waals surface area contributed by atoms with Crippen molar-refractivity contribution in [2.45, 2.75) is 13.1 Å². The summed E-state index contributed by atoms with van der Waals surface area (Å²) < 4.78 is 38.9. The molecule has 0 bridgehead atoms. The van der Waals surface area contributed by atoms with Crippen LogP contribution in [0.25, 0.3) is 11.0 Å². The zero-order chi connectivity index (χ0) is 13.5. The molecule has 4 nitrogen and oxygen atoms in total. The second-order valence-electron chi connectivity index (χ2n) is 3.88. The Morgan fingerprint density at radius 3 is 2.61 bits per heavy atom. The van der Waals surface area contributed by atoms with Crippen LogP contribution in [0.1, 0.15) is 12.7 Å². The summed E-state index contributed by atoms with van der Waals surface area (Å²) >= 11 is 0. The van der Waals surface area contributed by atoms with Crippen LogP contribution in [0.2, 0.25) is 0 Å². The van der Waals surface area contributed by atoms with Crippen molar-refractivity contribution in [3.8, 4) is 0 Å². The standard InChI is InChI=1S/C11H10F3N3O/c1-6(18)15-7-3-4-8-9(5-7)17(2)10(16-8)11(12,13)14/h3-5H,1-2H3,(H,15,18). The number of aromatic nitrogens is 2. The zero-order valence-electron chi connectivity index (χ0n) is 9.67. The van der Waals surface area contributed by atoms with Gasteiger partial charge in [-0.2, -0.15) is 13.2 Å². The molecule has 0 unspecified atom stereocenters. The number of nitrogens with zero attached hydrogens (tertiary/aromatic N) is 2. The lowest BCUT2D eigenvalue weighted by Gasteiger charge is -2.06. The van der Waals surface area contributed by atoms with Gasteiger partial charge < -0.3 is 9.88 Å². The third-order valence-electron chi connectivity index (χ3n) is 2.45. The van der Waals surface area contributed by atoms with E-state index < -0.39 is 12.0 Å². The molecule has 1 aromatic carbocycles. The van der Waals surface area contributed by atoms with Gasteiger partial charge >= 0.3 is 6.18 Å². The van der Waals surface area contributed by atoms with Crippen LogP contribution in [0, 0.1) is 0 Å². The van der Waals surface area contributed by atoms with E-state index >= 15 is 0 Å². The molecule has 0 aliphatic rings. The van der Waals surface area contributed by atoms with E-state index in [1.165, 1.54) is 32.2 Å². The van der Waals surface area contributed by atoms with Crippen LogP contribution in [0.15, 0.2) is 18.2 Å². The van der Waals surface area contributed by atoms with Gasteiger partial charge in [0.1, 0.15) is 0 Å². The first kappa shape index (κ1) is 12.4. The third kappa shape index (κ3) is 2.15. The fourth-order valence-electron chi connectivity index (χ4n) is 1.72. The Hall–Kier alpha value is -2.05. The van der Waals surface area contributed by atoms with Crippen LogP contribution in [-0.2, 0) is 18.0 Å². The molecule has 1 N–H and O–H groups in total. The monoisotopic (exact) mass is 257 g/mol. The smallest absolute Gasteiger partial charge is 0.326 e. The van der Waals surface area contributed by atoms with E-state index in [9.17, 15) is 18.0 Å². The highest BCUT2D eigenvalue weighted by molar-refractivity contribution is 5.91. The first-order chi connectivity index (χ1) is 8.29. The van der Waals surface area contributed by atoms with Crippen LogP contribution in [0.3, 0.4) is 0 Å². The Morgan fingerprint density at radius 2 is 2.06 bits per heavy atom. The minimum absolute atomic E-state index is 0.235. The van der Waals surface area contributed by atoms with Gasteiger partial charge in [0.15, 0.2) is 0 Å². The number of fused-ring (bicyclic) bond motifs is 1. The van der Waals surface area contributed by atoms with Crippen molar-refractivity contribution in [3.63, 3.8) is 0 Å². The molecular weight excluding hydrogens is 247 g/mol. The predicted molar refractivity (Wildman–Crippen MR) is 60.0 cm³/mol. The molecule has 0 aliphatic carbocycles. The highest BCUT2D eigenvalue weighted by atomic mass is 19.4. The number of hydrogen-bond acceptors (Lipinski definition) is 2. The summed E-state index contributed by atoms with van der Waals surface area (Å²) in [6.45, 7) is 1.33. The SMILES string of the molecule is CC(=O)Nc1ccc2nc(C(F)(F)F)n(C)c2c1. The highest BCUT2D eigenvalue weighted by Crippen LogP contribution is 2.31. The molecule has 0 saturated carbocycles. The third-order valence-corrected chi connectivity index (χ3v) is 2.45. The molecule has 2 aromatic rings. The van der Waals surface area contributed by atoms with Gasteiger partial charge in [-0.1, -0.05) is 0 Å². The normalized spacial score (nSPS) is 11.8. The quantitative estimate of drug-likeness (QED) is 0.853. The molecule has 1 amide bonds. The van der Waals surface area contributed by atoms with Crippen LogP contribution >= 0.6 is 0 Å². The van der Waals surface area contributed by atoms with E-state index in [1.807, 2.05) is 0 Å². The molecule has 1 aromatic heterocycles. The predicted octanol–water partition coefficient (Wildman–Crippen LogP) is 2.55. The Bertz CT molecular complexity index is 616. The summed E-state index contributed by atoms with van der Waals surface area (Å²) in [5.41, 5.74) is 0.985. The van der Waals surface area contributed by atoms with Gasteiger partial charge in [0.05, 0.1) is 11.0 Å². The number of imidazole rings is 1. The topological polar surface area (TPSA) is 46.9 Å². The number of carbonyl (C=O) groups excluding carboxylic acids is 1. The summed E-state index contributed by atoms with van der Waals surface area (Å²) in [4.78, 5) is 14.4. The van der Waals surface area contributed by atoms with E-state index in [1.54, 1.807) is 0 Å². The number of benzene rings is 1. The van der Waals surface area contributed by atoms with Gasteiger partial charge in [-0.3, -0.25) is 4.79 Å². The van der Waals surface area contributed by atoms with Crippen molar-refractivity contribution in [3.05, 3.63) is 24.0 Å². The van der Waals surface area contributed by atoms with E-state index in [2.05, 4.69) is 10.3 Å². The van der Waals surface area contributed by atoms with Crippen molar-refractivity contribution in [2.75, 3.05) is 5.32 Å². The summed E-state index contributed by atoms with van der Waals surface area (Å²) in [5.74, 6) is -1.25. The molecule has 18 heavy (non-hydrogen) atoms. The summed E-state index contributed by atoms with van der Waals surface area (Å²) in [6.07, 6.45) is -4.50. The average Bonchev–Trinajstić information content (AvgIpc) is 2.55. The second-order valence-corrected chi connectivity index (χ2v) is 3.88. The van der Waals surface area contributed by atoms with E-state index in [4.69, 9.17) is 0 Å². The number of aryl methyl sites for hydroxylation is 1. The number of halogens is 3. The van der Waals surface area contributed by atoms with Gasteiger partial charge in [-0.25, -0.2) is 4.98 Å². The minimum atomic E-state index is -4.50. The summed E-state index contributed by atoms with van der Waals surface area (Å²) in [7, 11) is 1.29. The van der Waals surface area contributed by atoms with Crippen LogP contribution in [-0.4, -0.2) is 15.5 Å². The van der Waals surface area contributed by atoms with Crippen LogP contribution in [0.4, 0.5) is 18.9 Å². The van der Waals surface area contributed by atoms with E-state index in [-0.39, 0.29) is 11.4 Å². The number of alkyl halides is 3. The minimum Gasteiger partial charge on any atom is -0.326 e. The molecule has 7 heteroatoms. The number of amides is 1. The number of anilines is 1. The van der Waals surface area contributed by atoms with Crippen molar-refractivity contribution in [1.82, 2.24) is 9.55 Å². The molecule has 1 heterocycles. The van der Waals surface area contributed by atoms with Gasteiger partial charge in [0.2, 0.25) is 11.7 Å². The summed E-state index contributed by atoms with van der Waals surface area (Å²) in [6, 6.07) is 4.41.